The number of amides is 1. The van der Waals surface area contributed by atoms with Gasteiger partial charge >= 0.3 is 0 Å². The Morgan fingerprint density at radius 3 is 2.64 bits per heavy atom. The number of benzene rings is 1. The van der Waals surface area contributed by atoms with E-state index in [0.29, 0.717) is 5.69 Å². The minimum Gasteiger partial charge on any atom is -0.506 e. The zero-order valence-electron chi connectivity index (χ0n) is 5.74. The van der Waals surface area contributed by atoms with Crippen molar-refractivity contribution in [2.45, 2.75) is 0 Å². The van der Waals surface area contributed by atoms with Crippen molar-refractivity contribution in [3.05, 3.63) is 31.2 Å². The van der Waals surface area contributed by atoms with Crippen LogP contribution in [-0.2, 0) is 4.79 Å². The third kappa shape index (κ3) is 1.97. The van der Waals surface area contributed by atoms with Crippen molar-refractivity contribution < 1.29 is 9.90 Å². The maximum absolute atomic E-state index is 10.3. The summed E-state index contributed by atoms with van der Waals surface area (Å²) in [5, 5.41) is 11.4. The summed E-state index contributed by atoms with van der Waals surface area (Å²) in [5.74, 6) is -0.683. The summed E-state index contributed by atoms with van der Waals surface area (Å²) in [6.07, 6.45) is 0. The van der Waals surface area contributed by atoms with Crippen molar-refractivity contribution in [1.29, 1.82) is 0 Å². The molecule has 0 saturated heterocycles. The van der Waals surface area contributed by atoms with E-state index in [-0.39, 0.29) is 5.75 Å². The minimum absolute atomic E-state index is 0.00583. The molecule has 0 unspecified atom stereocenters. The number of nitrogens with one attached hydrogen (secondary N) is 1. The molecule has 0 aliphatic rings. The second-order valence-corrected chi connectivity index (χ2v) is 2.01. The predicted molar refractivity (Wildman–Crippen MR) is 41.0 cm³/mol. The van der Waals surface area contributed by atoms with E-state index in [2.05, 4.69) is 5.32 Å². The van der Waals surface area contributed by atoms with Gasteiger partial charge in [0.15, 0.2) is 0 Å². The van der Waals surface area contributed by atoms with Gasteiger partial charge in [-0.25, -0.2) is 0 Å². The molecule has 11 heavy (non-hydrogen) atoms. The van der Waals surface area contributed by atoms with Crippen LogP contribution in [0.15, 0.2) is 24.3 Å². The quantitative estimate of drug-likeness (QED) is 0.586. The fraction of sp³-hybridized carbons (Fsp3) is 0. The highest BCUT2D eigenvalue weighted by molar-refractivity contribution is 5.95. The summed E-state index contributed by atoms with van der Waals surface area (Å²) < 4.78 is 0. The second kappa shape index (κ2) is 3.05. The molecular weight excluding hydrogens is 142 g/mol. The Labute approximate surface area is 64.7 Å². The number of phenolic OH excluding ortho intramolecular Hbond substituents is 1. The maximum atomic E-state index is 10.3. The SMILES string of the molecule is [CH]C(=O)Nc1ccccc1O. The van der Waals surface area contributed by atoms with Crippen LogP contribution < -0.4 is 5.32 Å². The Bertz CT molecular complexity index is 271. The van der Waals surface area contributed by atoms with Crippen molar-refractivity contribution in [2.75, 3.05) is 5.32 Å². The molecule has 0 aliphatic heterocycles. The summed E-state index contributed by atoms with van der Waals surface area (Å²) in [6, 6.07) is 6.36. The Balaban J connectivity index is 2.86. The lowest BCUT2D eigenvalue weighted by atomic mass is 10.3. The second-order valence-electron chi connectivity index (χ2n) is 2.01. The number of carbonyl (C=O) groups is 1. The van der Waals surface area contributed by atoms with E-state index in [1.165, 1.54) is 6.07 Å². The monoisotopic (exact) mass is 149 g/mol. The lowest BCUT2D eigenvalue weighted by Gasteiger charge is -2.02. The van der Waals surface area contributed by atoms with Gasteiger partial charge in [0.1, 0.15) is 5.75 Å². The number of rotatable bonds is 1. The summed E-state index contributed by atoms with van der Waals surface area (Å²) in [6.45, 7) is 4.83. The molecule has 2 N–H and O–H groups in total. The zero-order chi connectivity index (χ0) is 8.27. The number of hydrogen-bond acceptors (Lipinski definition) is 2. The smallest absolute Gasteiger partial charge is 0.229 e. The Hall–Kier alpha value is -1.51. The van der Waals surface area contributed by atoms with E-state index in [4.69, 9.17) is 12.0 Å². The van der Waals surface area contributed by atoms with Crippen LogP contribution in [0, 0.1) is 6.92 Å². The summed E-state index contributed by atoms with van der Waals surface area (Å²) in [7, 11) is 0. The van der Waals surface area contributed by atoms with Gasteiger partial charge in [0.2, 0.25) is 5.91 Å². The van der Waals surface area contributed by atoms with Crippen LogP contribution >= 0.6 is 0 Å². The molecule has 1 amide bonds. The van der Waals surface area contributed by atoms with E-state index in [1.54, 1.807) is 18.2 Å². The van der Waals surface area contributed by atoms with Crippen LogP contribution in [0.1, 0.15) is 0 Å². The third-order valence-electron chi connectivity index (χ3n) is 1.16. The van der Waals surface area contributed by atoms with E-state index in [9.17, 15) is 4.79 Å². The first-order chi connectivity index (χ1) is 5.20. The third-order valence-corrected chi connectivity index (χ3v) is 1.16. The maximum Gasteiger partial charge on any atom is 0.229 e. The molecule has 3 heteroatoms. The molecular formula is C8H7NO2. The van der Waals surface area contributed by atoms with Gasteiger partial charge in [0.25, 0.3) is 0 Å². The van der Waals surface area contributed by atoms with Crippen molar-refractivity contribution in [3.8, 4) is 5.75 Å². The van der Waals surface area contributed by atoms with Crippen LogP contribution in [0.5, 0.6) is 5.75 Å². The Morgan fingerprint density at radius 2 is 2.09 bits per heavy atom. The van der Waals surface area contributed by atoms with E-state index in [0.717, 1.165) is 0 Å². The lowest BCUT2D eigenvalue weighted by molar-refractivity contribution is -0.112. The molecule has 1 rings (SSSR count). The molecule has 0 atom stereocenters. The van der Waals surface area contributed by atoms with Crippen molar-refractivity contribution in [3.63, 3.8) is 0 Å². The lowest BCUT2D eigenvalue weighted by Crippen LogP contribution is -2.05. The van der Waals surface area contributed by atoms with Crippen LogP contribution in [0.25, 0.3) is 0 Å². The largest absolute Gasteiger partial charge is 0.506 e. The van der Waals surface area contributed by atoms with Gasteiger partial charge in [0.05, 0.1) is 12.6 Å². The number of hydrogen-bond donors (Lipinski definition) is 2. The summed E-state index contributed by atoms with van der Waals surface area (Å²) in [5.41, 5.74) is 0.319. The topological polar surface area (TPSA) is 49.3 Å². The number of phenols is 1. The zero-order valence-corrected chi connectivity index (χ0v) is 5.74. The highest BCUT2D eigenvalue weighted by Crippen LogP contribution is 2.20. The minimum atomic E-state index is -0.688. The van der Waals surface area contributed by atoms with Crippen molar-refractivity contribution in [1.82, 2.24) is 0 Å². The van der Waals surface area contributed by atoms with Gasteiger partial charge in [0, 0.05) is 0 Å². The molecule has 0 aromatic heterocycles. The molecule has 3 nitrogen and oxygen atoms in total. The van der Waals surface area contributed by atoms with Crippen molar-refractivity contribution in [2.24, 2.45) is 0 Å². The van der Waals surface area contributed by atoms with E-state index in [1.807, 2.05) is 0 Å². The Morgan fingerprint density at radius 1 is 1.45 bits per heavy atom. The highest BCUT2D eigenvalue weighted by atomic mass is 16.3. The van der Waals surface area contributed by atoms with E-state index >= 15 is 0 Å². The molecule has 0 fully saturated rings. The van der Waals surface area contributed by atoms with Gasteiger partial charge in [-0.05, 0) is 12.1 Å². The number of anilines is 1. The van der Waals surface area contributed by atoms with Crippen LogP contribution in [0.3, 0.4) is 0 Å². The fourth-order valence-corrected chi connectivity index (χ4v) is 0.712. The Kier molecular flexibility index (Phi) is 2.11. The highest BCUT2D eigenvalue weighted by Gasteiger charge is 1.99. The molecule has 0 spiro atoms. The molecule has 0 saturated carbocycles. The predicted octanol–water partition coefficient (Wildman–Crippen LogP) is 1.04. The molecule has 56 valence electrons. The molecule has 0 heterocycles. The molecule has 0 bridgehead atoms. The van der Waals surface area contributed by atoms with Crippen LogP contribution in [-0.4, -0.2) is 11.0 Å². The molecule has 1 aromatic carbocycles. The van der Waals surface area contributed by atoms with E-state index < -0.39 is 5.91 Å². The van der Waals surface area contributed by atoms with Crippen molar-refractivity contribution >= 4 is 11.6 Å². The van der Waals surface area contributed by atoms with Gasteiger partial charge < -0.3 is 10.4 Å². The van der Waals surface area contributed by atoms with Gasteiger partial charge in [-0.2, -0.15) is 0 Å². The van der Waals surface area contributed by atoms with Crippen LogP contribution in [0.2, 0.25) is 0 Å². The molecule has 1 aromatic rings. The normalized spacial score (nSPS) is 9.18. The average Bonchev–Trinajstić information content (AvgIpc) is 1.93. The number of para-hydroxylation sites is 2. The van der Waals surface area contributed by atoms with Crippen LogP contribution in [0.4, 0.5) is 5.69 Å². The fourth-order valence-electron chi connectivity index (χ4n) is 0.712. The summed E-state index contributed by atoms with van der Waals surface area (Å²) >= 11 is 0. The van der Waals surface area contributed by atoms with Gasteiger partial charge in [-0.1, -0.05) is 12.1 Å². The first-order valence-corrected chi connectivity index (χ1v) is 3.04. The molecule has 0 aliphatic carbocycles. The summed E-state index contributed by atoms with van der Waals surface area (Å²) in [4.78, 5) is 10.3. The van der Waals surface area contributed by atoms with Gasteiger partial charge in [-0.15, -0.1) is 0 Å². The first kappa shape index (κ1) is 7.60. The van der Waals surface area contributed by atoms with Gasteiger partial charge in [-0.3, -0.25) is 4.79 Å². The average molecular weight is 149 g/mol. The molecule has 2 radical (unpaired) electrons. The number of carbonyl (C=O) groups excluding carboxylic acids is 1. The standard InChI is InChI=1S/C8H7NO2/c1-6(10)9-7-4-2-3-5-8(7)11/h1-5,11H,(H,9,10). The number of aromatic hydroxyl groups is 1. The first-order valence-electron chi connectivity index (χ1n) is 3.04.